The summed E-state index contributed by atoms with van der Waals surface area (Å²) in [7, 11) is 0. The second kappa shape index (κ2) is 3.26. The van der Waals surface area contributed by atoms with Gasteiger partial charge >= 0.3 is 0 Å². The number of azide groups is 1. The summed E-state index contributed by atoms with van der Waals surface area (Å²) < 4.78 is 0. The van der Waals surface area contributed by atoms with E-state index in [0.29, 0.717) is 0 Å². The molecule has 0 aliphatic heterocycles. The van der Waals surface area contributed by atoms with Crippen LogP contribution in [0.3, 0.4) is 0 Å². The molecular weight excluding hydrogens is 190 g/mol. The minimum atomic E-state index is -0.647. The van der Waals surface area contributed by atoms with Crippen LogP contribution >= 0.6 is 0 Å². The van der Waals surface area contributed by atoms with E-state index in [0.717, 1.165) is 11.1 Å². The lowest BCUT2D eigenvalue weighted by Crippen LogP contribution is -2.30. The van der Waals surface area contributed by atoms with Crippen molar-refractivity contribution in [3.63, 3.8) is 0 Å². The average molecular weight is 203 g/mol. The zero-order valence-corrected chi connectivity index (χ0v) is 8.75. The first-order chi connectivity index (χ1) is 7.09. The summed E-state index contributed by atoms with van der Waals surface area (Å²) in [6, 6.07) is 7.26. The normalized spacial score (nSPS) is 26.9. The monoisotopic (exact) mass is 203 g/mol. The molecule has 1 aliphatic rings. The van der Waals surface area contributed by atoms with E-state index < -0.39 is 12.1 Å². The van der Waals surface area contributed by atoms with Crippen LogP contribution < -0.4 is 0 Å². The van der Waals surface area contributed by atoms with Crippen molar-refractivity contribution >= 4 is 0 Å². The van der Waals surface area contributed by atoms with Crippen LogP contribution in [0.25, 0.3) is 10.4 Å². The van der Waals surface area contributed by atoms with Crippen molar-refractivity contribution in [1.29, 1.82) is 0 Å². The summed E-state index contributed by atoms with van der Waals surface area (Å²) in [4.78, 5) is 2.80. The van der Waals surface area contributed by atoms with Crippen LogP contribution in [0.2, 0.25) is 0 Å². The largest absolute Gasteiger partial charge is 0.391 e. The van der Waals surface area contributed by atoms with Gasteiger partial charge in [0.15, 0.2) is 0 Å². The van der Waals surface area contributed by atoms with Crippen molar-refractivity contribution in [2.24, 2.45) is 5.11 Å². The number of aliphatic hydroxyl groups excluding tert-OH is 1. The second-order valence-corrected chi connectivity index (χ2v) is 4.40. The Balaban J connectivity index is 2.61. The third-order valence-corrected chi connectivity index (χ3v) is 3.19. The molecule has 0 fully saturated rings. The van der Waals surface area contributed by atoms with Crippen LogP contribution in [0.1, 0.15) is 31.0 Å². The molecule has 2 unspecified atom stereocenters. The van der Waals surface area contributed by atoms with Gasteiger partial charge < -0.3 is 5.11 Å². The lowest BCUT2D eigenvalue weighted by molar-refractivity contribution is 0.0922. The lowest BCUT2D eigenvalue weighted by atomic mass is 9.84. The molecule has 1 aromatic carbocycles. The fraction of sp³-hybridized carbons (Fsp3) is 0.455. The van der Waals surface area contributed by atoms with Gasteiger partial charge in [-0.15, -0.1) is 0 Å². The molecule has 2 rings (SSSR count). The zero-order valence-electron chi connectivity index (χ0n) is 8.75. The van der Waals surface area contributed by atoms with Crippen LogP contribution in [0.4, 0.5) is 0 Å². The molecule has 0 bridgehead atoms. The van der Waals surface area contributed by atoms with Gasteiger partial charge in [-0.1, -0.05) is 43.2 Å². The number of aliphatic hydroxyl groups is 1. The van der Waals surface area contributed by atoms with E-state index in [1.54, 1.807) is 0 Å². The smallest absolute Gasteiger partial charge is 0.0896 e. The van der Waals surface area contributed by atoms with Gasteiger partial charge in [0.05, 0.1) is 12.1 Å². The molecule has 1 aliphatic carbocycles. The van der Waals surface area contributed by atoms with E-state index in [-0.39, 0.29) is 5.41 Å². The second-order valence-electron chi connectivity index (χ2n) is 4.40. The molecule has 1 N–H and O–H groups in total. The summed E-state index contributed by atoms with van der Waals surface area (Å²) in [6.45, 7) is 3.92. The SMILES string of the molecule is CC1(C)c2ccccc2C(N=[N+]=[N-])C1O. The Kier molecular flexibility index (Phi) is 2.18. The third kappa shape index (κ3) is 1.30. The maximum Gasteiger partial charge on any atom is 0.0896 e. The fourth-order valence-corrected chi connectivity index (χ4v) is 2.25. The lowest BCUT2D eigenvalue weighted by Gasteiger charge is -2.25. The molecule has 0 spiro atoms. The van der Waals surface area contributed by atoms with Crippen LogP contribution in [-0.2, 0) is 5.41 Å². The standard InChI is InChI=1S/C11H13N3O/c1-11(2)8-6-4-3-5-7(8)9(10(11)15)13-14-12/h3-6,9-10,15H,1-2H3. The van der Waals surface area contributed by atoms with Gasteiger partial charge in [-0.2, -0.15) is 0 Å². The molecule has 2 atom stereocenters. The van der Waals surface area contributed by atoms with E-state index >= 15 is 0 Å². The van der Waals surface area contributed by atoms with Crippen molar-refractivity contribution in [3.05, 3.63) is 45.8 Å². The molecule has 0 saturated carbocycles. The molecule has 4 nitrogen and oxygen atoms in total. The van der Waals surface area contributed by atoms with Gasteiger partial charge in [-0.3, -0.25) is 0 Å². The maximum atomic E-state index is 10.1. The predicted octanol–water partition coefficient (Wildman–Crippen LogP) is 2.69. The van der Waals surface area contributed by atoms with Crippen LogP contribution in [-0.4, -0.2) is 11.2 Å². The fourth-order valence-electron chi connectivity index (χ4n) is 2.25. The van der Waals surface area contributed by atoms with E-state index in [1.165, 1.54) is 0 Å². The Morgan fingerprint density at radius 3 is 2.73 bits per heavy atom. The number of rotatable bonds is 1. The van der Waals surface area contributed by atoms with E-state index in [2.05, 4.69) is 10.0 Å². The molecule has 0 radical (unpaired) electrons. The Morgan fingerprint density at radius 1 is 1.40 bits per heavy atom. The highest BCUT2D eigenvalue weighted by Gasteiger charge is 2.44. The van der Waals surface area contributed by atoms with E-state index in [4.69, 9.17) is 5.53 Å². The molecule has 78 valence electrons. The Bertz CT molecular complexity index is 435. The molecular formula is C11H13N3O. The quantitative estimate of drug-likeness (QED) is 0.425. The predicted molar refractivity (Wildman–Crippen MR) is 57.4 cm³/mol. The molecule has 0 saturated heterocycles. The summed E-state index contributed by atoms with van der Waals surface area (Å²) in [5.41, 5.74) is 10.1. The Labute approximate surface area is 88.2 Å². The minimum Gasteiger partial charge on any atom is -0.391 e. The van der Waals surface area contributed by atoms with Gasteiger partial charge in [0.1, 0.15) is 0 Å². The van der Waals surface area contributed by atoms with Gasteiger partial charge in [0, 0.05) is 10.3 Å². The average Bonchev–Trinajstić information content (AvgIpc) is 2.42. The van der Waals surface area contributed by atoms with Crippen LogP contribution in [0, 0.1) is 0 Å². The van der Waals surface area contributed by atoms with Gasteiger partial charge in [-0.05, 0) is 16.7 Å². The molecule has 0 aromatic heterocycles. The van der Waals surface area contributed by atoms with E-state index in [9.17, 15) is 5.11 Å². The molecule has 1 aromatic rings. The van der Waals surface area contributed by atoms with Gasteiger partial charge in [0.25, 0.3) is 0 Å². The summed E-state index contributed by atoms with van der Waals surface area (Å²) in [5, 5.41) is 13.8. The zero-order chi connectivity index (χ0) is 11.1. The van der Waals surface area contributed by atoms with Crippen molar-refractivity contribution in [1.82, 2.24) is 0 Å². The summed E-state index contributed by atoms with van der Waals surface area (Å²) >= 11 is 0. The first-order valence-corrected chi connectivity index (χ1v) is 4.90. The number of hydrogen-bond donors (Lipinski definition) is 1. The van der Waals surface area contributed by atoms with Gasteiger partial charge in [0.2, 0.25) is 0 Å². The molecule has 15 heavy (non-hydrogen) atoms. The van der Waals surface area contributed by atoms with Crippen molar-refractivity contribution in [2.75, 3.05) is 0 Å². The number of nitrogens with zero attached hydrogens (tertiary/aromatic N) is 3. The summed E-state index contributed by atoms with van der Waals surface area (Å²) in [6.07, 6.45) is -0.647. The summed E-state index contributed by atoms with van der Waals surface area (Å²) in [5.74, 6) is 0. The van der Waals surface area contributed by atoms with E-state index in [1.807, 2.05) is 38.1 Å². The van der Waals surface area contributed by atoms with Gasteiger partial charge in [-0.25, -0.2) is 0 Å². The molecule has 4 heteroatoms. The minimum absolute atomic E-state index is 0.352. The number of hydrogen-bond acceptors (Lipinski definition) is 2. The van der Waals surface area contributed by atoms with Crippen molar-refractivity contribution in [3.8, 4) is 0 Å². The van der Waals surface area contributed by atoms with Crippen LogP contribution in [0.5, 0.6) is 0 Å². The maximum absolute atomic E-state index is 10.1. The highest BCUT2D eigenvalue weighted by molar-refractivity contribution is 5.43. The Hall–Kier alpha value is -1.51. The van der Waals surface area contributed by atoms with Crippen LogP contribution in [0.15, 0.2) is 29.4 Å². The highest BCUT2D eigenvalue weighted by Crippen LogP contribution is 2.46. The third-order valence-electron chi connectivity index (χ3n) is 3.19. The molecule has 0 amide bonds. The first kappa shape index (κ1) is 10.0. The van der Waals surface area contributed by atoms with Crippen molar-refractivity contribution < 1.29 is 5.11 Å². The highest BCUT2D eigenvalue weighted by atomic mass is 16.3. The molecule has 0 heterocycles. The number of benzene rings is 1. The topological polar surface area (TPSA) is 69.0 Å². The Morgan fingerprint density at radius 2 is 2.07 bits per heavy atom. The van der Waals surface area contributed by atoms with Crippen molar-refractivity contribution in [2.45, 2.75) is 31.4 Å². The number of fused-ring (bicyclic) bond motifs is 1. The first-order valence-electron chi connectivity index (χ1n) is 4.90.